The van der Waals surface area contributed by atoms with E-state index in [0.717, 1.165) is 29.5 Å². The zero-order valence-corrected chi connectivity index (χ0v) is 14.2. The van der Waals surface area contributed by atoms with Crippen molar-refractivity contribution in [3.8, 4) is 0 Å². The molecule has 0 unspecified atom stereocenters. The normalized spacial score (nSPS) is 12.1. The van der Waals surface area contributed by atoms with Crippen LogP contribution < -0.4 is 0 Å². The minimum atomic E-state index is -0.351. The topological polar surface area (TPSA) is 0 Å². The van der Waals surface area contributed by atoms with Gasteiger partial charge in [0.2, 0.25) is 0 Å². The number of aryl methyl sites for hydroxylation is 2. The Morgan fingerprint density at radius 1 is 0.640 bits per heavy atom. The molecule has 0 fully saturated rings. The average Bonchev–Trinajstić information content (AvgIpc) is 2.67. The molecule has 0 spiro atoms. The molecule has 1 atom stereocenters. The van der Waals surface area contributed by atoms with Gasteiger partial charge in [0, 0.05) is 5.92 Å². The van der Waals surface area contributed by atoms with Crippen molar-refractivity contribution in [1.82, 2.24) is 0 Å². The van der Waals surface area contributed by atoms with Gasteiger partial charge >= 0.3 is 0 Å². The summed E-state index contributed by atoms with van der Waals surface area (Å²) in [5, 5.41) is 0. The minimum absolute atomic E-state index is 0.0914. The van der Waals surface area contributed by atoms with E-state index >= 15 is 0 Å². The molecule has 128 valence electrons. The lowest BCUT2D eigenvalue weighted by Crippen LogP contribution is -2.05. The molecule has 0 aliphatic heterocycles. The standard InChI is InChI=1S/C23H22F2/c24-17-22(21-4-2-1-3-5-21)16-20-10-8-18(9-11-20)6-7-19-12-14-23(25)15-13-19/h1-5,8-15,22H,6-7,16-17H2/t22-/m1/s1. The predicted molar refractivity (Wildman–Crippen MR) is 99.1 cm³/mol. The maximum Gasteiger partial charge on any atom is 0.123 e. The van der Waals surface area contributed by atoms with Crippen LogP contribution >= 0.6 is 0 Å². The van der Waals surface area contributed by atoms with Crippen molar-refractivity contribution in [2.24, 2.45) is 0 Å². The number of alkyl halides is 1. The minimum Gasteiger partial charge on any atom is -0.250 e. The monoisotopic (exact) mass is 336 g/mol. The lowest BCUT2D eigenvalue weighted by atomic mass is 9.92. The van der Waals surface area contributed by atoms with Crippen LogP contribution in [0.4, 0.5) is 8.78 Å². The average molecular weight is 336 g/mol. The lowest BCUT2D eigenvalue weighted by molar-refractivity contribution is 0.428. The second-order valence-electron chi connectivity index (χ2n) is 6.41. The molecule has 2 heteroatoms. The first kappa shape index (κ1) is 17.3. The Balaban J connectivity index is 1.59. The van der Waals surface area contributed by atoms with Crippen LogP contribution in [-0.2, 0) is 19.3 Å². The van der Waals surface area contributed by atoms with Crippen molar-refractivity contribution >= 4 is 0 Å². The van der Waals surface area contributed by atoms with Crippen molar-refractivity contribution in [2.75, 3.05) is 6.67 Å². The van der Waals surface area contributed by atoms with Crippen molar-refractivity contribution in [2.45, 2.75) is 25.2 Å². The Hall–Kier alpha value is -2.48. The Bertz CT molecular complexity index is 761. The largest absolute Gasteiger partial charge is 0.250 e. The molecule has 0 heterocycles. The Morgan fingerprint density at radius 3 is 1.72 bits per heavy atom. The second-order valence-corrected chi connectivity index (χ2v) is 6.41. The summed E-state index contributed by atoms with van der Waals surface area (Å²) in [5.74, 6) is -0.291. The highest BCUT2D eigenvalue weighted by atomic mass is 19.1. The van der Waals surface area contributed by atoms with Gasteiger partial charge in [-0.25, -0.2) is 4.39 Å². The molecule has 0 radical (unpaired) electrons. The van der Waals surface area contributed by atoms with Crippen LogP contribution in [0.2, 0.25) is 0 Å². The van der Waals surface area contributed by atoms with Gasteiger partial charge in [0.1, 0.15) is 5.82 Å². The van der Waals surface area contributed by atoms with Crippen molar-refractivity contribution in [3.05, 3.63) is 107 Å². The van der Waals surface area contributed by atoms with E-state index < -0.39 is 0 Å². The molecular weight excluding hydrogens is 314 g/mol. The molecule has 0 nitrogen and oxygen atoms in total. The van der Waals surface area contributed by atoms with Gasteiger partial charge in [0.25, 0.3) is 0 Å². The van der Waals surface area contributed by atoms with Crippen molar-refractivity contribution < 1.29 is 8.78 Å². The number of rotatable bonds is 7. The molecular formula is C23H22F2. The van der Waals surface area contributed by atoms with E-state index in [1.165, 1.54) is 17.7 Å². The van der Waals surface area contributed by atoms with Crippen molar-refractivity contribution in [1.29, 1.82) is 0 Å². The van der Waals surface area contributed by atoms with E-state index in [-0.39, 0.29) is 18.4 Å². The maximum absolute atomic E-state index is 13.4. The smallest absolute Gasteiger partial charge is 0.123 e. The second kappa shape index (κ2) is 8.57. The van der Waals surface area contributed by atoms with Gasteiger partial charge in [-0.1, -0.05) is 66.7 Å². The van der Waals surface area contributed by atoms with Gasteiger partial charge in [-0.3, -0.25) is 4.39 Å². The van der Waals surface area contributed by atoms with Crippen LogP contribution in [-0.4, -0.2) is 6.67 Å². The number of halogens is 2. The van der Waals surface area contributed by atoms with Crippen LogP contribution in [0.25, 0.3) is 0 Å². The molecule has 3 rings (SSSR count). The van der Waals surface area contributed by atoms with Crippen molar-refractivity contribution in [3.63, 3.8) is 0 Å². The summed E-state index contributed by atoms with van der Waals surface area (Å²) in [4.78, 5) is 0. The van der Waals surface area contributed by atoms with Gasteiger partial charge in [-0.2, -0.15) is 0 Å². The molecule has 0 saturated carbocycles. The molecule has 25 heavy (non-hydrogen) atoms. The first-order chi connectivity index (χ1) is 12.2. The Labute approximate surface area is 148 Å². The van der Waals surface area contributed by atoms with Crippen LogP contribution in [0.3, 0.4) is 0 Å². The molecule has 0 aliphatic rings. The summed E-state index contributed by atoms with van der Waals surface area (Å²) in [5.41, 5.74) is 4.57. The highest BCUT2D eigenvalue weighted by Gasteiger charge is 2.11. The zero-order valence-electron chi connectivity index (χ0n) is 14.2. The summed E-state index contributed by atoms with van der Waals surface area (Å²) in [7, 11) is 0. The third-order valence-electron chi connectivity index (χ3n) is 4.58. The van der Waals surface area contributed by atoms with E-state index in [1.54, 1.807) is 0 Å². The van der Waals surface area contributed by atoms with Crippen LogP contribution in [0.5, 0.6) is 0 Å². The third-order valence-corrected chi connectivity index (χ3v) is 4.58. The molecule has 3 aromatic rings. The first-order valence-electron chi connectivity index (χ1n) is 8.68. The van der Waals surface area contributed by atoms with Gasteiger partial charge in [0.05, 0.1) is 6.67 Å². The fourth-order valence-corrected chi connectivity index (χ4v) is 3.05. The highest BCUT2D eigenvalue weighted by Crippen LogP contribution is 2.22. The van der Waals surface area contributed by atoms with Gasteiger partial charge < -0.3 is 0 Å². The van der Waals surface area contributed by atoms with Gasteiger partial charge in [-0.15, -0.1) is 0 Å². The summed E-state index contributed by atoms with van der Waals surface area (Å²) >= 11 is 0. The summed E-state index contributed by atoms with van der Waals surface area (Å²) in [6.07, 6.45) is 2.51. The fourth-order valence-electron chi connectivity index (χ4n) is 3.05. The van der Waals surface area contributed by atoms with Gasteiger partial charge in [-0.05, 0) is 53.6 Å². The van der Waals surface area contributed by atoms with Crippen LogP contribution in [0.15, 0.2) is 78.9 Å². The number of hydrogen-bond acceptors (Lipinski definition) is 0. The molecule has 0 N–H and O–H groups in total. The predicted octanol–water partition coefficient (Wildman–Crippen LogP) is 5.91. The summed E-state index contributed by atoms with van der Waals surface area (Å²) < 4.78 is 26.3. The molecule has 0 saturated heterocycles. The van der Waals surface area contributed by atoms with E-state index in [2.05, 4.69) is 24.3 Å². The Kier molecular flexibility index (Phi) is 5.95. The van der Waals surface area contributed by atoms with Crippen LogP contribution in [0, 0.1) is 5.82 Å². The Morgan fingerprint density at radius 2 is 1.16 bits per heavy atom. The third kappa shape index (κ3) is 4.99. The molecule has 0 bridgehead atoms. The van der Waals surface area contributed by atoms with E-state index in [9.17, 15) is 8.78 Å². The molecule has 0 aromatic heterocycles. The maximum atomic E-state index is 13.4. The summed E-state index contributed by atoms with van der Waals surface area (Å²) in [6.45, 7) is -0.351. The SMILES string of the molecule is FC[C@@H](Cc1ccc(CCc2ccc(F)cc2)cc1)c1ccccc1. The fraction of sp³-hybridized carbons (Fsp3) is 0.217. The quantitative estimate of drug-likeness (QED) is 0.503. The summed E-state index contributed by atoms with van der Waals surface area (Å²) in [6, 6.07) is 24.9. The van der Waals surface area contributed by atoms with E-state index in [0.29, 0.717) is 6.42 Å². The first-order valence-corrected chi connectivity index (χ1v) is 8.68. The zero-order chi connectivity index (χ0) is 17.5. The number of benzene rings is 3. The molecule has 0 amide bonds. The molecule has 3 aromatic carbocycles. The number of hydrogen-bond donors (Lipinski definition) is 0. The molecule has 0 aliphatic carbocycles. The van der Waals surface area contributed by atoms with Crippen LogP contribution in [0.1, 0.15) is 28.2 Å². The van der Waals surface area contributed by atoms with Gasteiger partial charge in [0.15, 0.2) is 0 Å². The lowest BCUT2D eigenvalue weighted by Gasteiger charge is -2.14. The van der Waals surface area contributed by atoms with E-state index in [4.69, 9.17) is 0 Å². The highest BCUT2D eigenvalue weighted by molar-refractivity contribution is 5.28. The van der Waals surface area contributed by atoms with E-state index in [1.807, 2.05) is 42.5 Å².